The van der Waals surface area contributed by atoms with Crippen LogP contribution in [-0.2, 0) is 0 Å². The molecule has 92 valence electrons. The summed E-state index contributed by atoms with van der Waals surface area (Å²) in [5.74, 6) is -0.776. The molecule has 1 fully saturated rings. The maximum absolute atomic E-state index is 13.1. The van der Waals surface area contributed by atoms with E-state index in [-0.39, 0.29) is 21.8 Å². The van der Waals surface area contributed by atoms with Crippen molar-refractivity contribution in [3.05, 3.63) is 33.1 Å². The number of anilines is 1. The molecule has 1 aliphatic carbocycles. The number of hydrogen-bond acceptors (Lipinski definition) is 3. The number of nitrogens with one attached hydrogen (secondary N) is 1. The summed E-state index contributed by atoms with van der Waals surface area (Å²) in [4.78, 5) is 10.2. The fraction of sp³-hybridized carbons (Fsp3) is 0.455. The molecule has 1 aromatic rings. The van der Waals surface area contributed by atoms with E-state index in [1.165, 1.54) is 6.07 Å². The van der Waals surface area contributed by atoms with Gasteiger partial charge in [0.15, 0.2) is 0 Å². The first-order valence-corrected chi connectivity index (χ1v) is 5.66. The SMILES string of the molecule is CC1(CNc2cc(Cl)c(F)cc2[N+](=O)[O-])CC1. The lowest BCUT2D eigenvalue weighted by molar-refractivity contribution is -0.384. The van der Waals surface area contributed by atoms with Crippen LogP contribution in [0.15, 0.2) is 12.1 Å². The highest BCUT2D eigenvalue weighted by molar-refractivity contribution is 6.31. The van der Waals surface area contributed by atoms with Gasteiger partial charge in [-0.05, 0) is 24.3 Å². The van der Waals surface area contributed by atoms with Crippen LogP contribution < -0.4 is 5.32 Å². The first-order valence-electron chi connectivity index (χ1n) is 5.29. The van der Waals surface area contributed by atoms with Gasteiger partial charge in [-0.3, -0.25) is 10.1 Å². The number of rotatable bonds is 4. The molecule has 0 saturated heterocycles. The molecule has 0 aromatic heterocycles. The molecule has 0 bridgehead atoms. The molecule has 0 radical (unpaired) electrons. The second-order valence-corrected chi connectivity index (χ2v) is 5.11. The average Bonchev–Trinajstić information content (AvgIpc) is 2.98. The third-order valence-corrected chi connectivity index (χ3v) is 3.33. The van der Waals surface area contributed by atoms with E-state index in [0.29, 0.717) is 6.54 Å². The van der Waals surface area contributed by atoms with Crippen molar-refractivity contribution in [2.24, 2.45) is 5.41 Å². The molecule has 0 amide bonds. The predicted molar refractivity (Wildman–Crippen MR) is 63.9 cm³/mol. The van der Waals surface area contributed by atoms with Crippen LogP contribution in [0.25, 0.3) is 0 Å². The Morgan fingerprint density at radius 2 is 2.24 bits per heavy atom. The summed E-state index contributed by atoms with van der Waals surface area (Å²) in [6, 6.07) is 2.11. The maximum atomic E-state index is 13.1. The van der Waals surface area contributed by atoms with E-state index in [1.54, 1.807) is 0 Å². The molecular formula is C11H12ClFN2O2. The molecule has 0 atom stereocenters. The van der Waals surface area contributed by atoms with Gasteiger partial charge in [-0.2, -0.15) is 0 Å². The number of nitrogens with zero attached hydrogens (tertiary/aromatic N) is 1. The standard InChI is InChI=1S/C11H12ClFN2O2/c1-11(2-3-11)6-14-9-4-7(12)8(13)5-10(9)15(16)17/h4-5,14H,2-3,6H2,1H3. The molecular weight excluding hydrogens is 247 g/mol. The van der Waals surface area contributed by atoms with Crippen molar-refractivity contribution >= 4 is 23.0 Å². The Morgan fingerprint density at radius 1 is 1.59 bits per heavy atom. The number of hydrogen-bond donors (Lipinski definition) is 1. The van der Waals surface area contributed by atoms with Crippen LogP contribution in [0.1, 0.15) is 19.8 Å². The molecule has 1 aliphatic rings. The third kappa shape index (κ3) is 2.66. The zero-order chi connectivity index (χ0) is 12.6. The van der Waals surface area contributed by atoms with Gasteiger partial charge in [-0.15, -0.1) is 0 Å². The zero-order valence-electron chi connectivity index (χ0n) is 9.30. The minimum Gasteiger partial charge on any atom is -0.379 e. The molecule has 1 saturated carbocycles. The fourth-order valence-electron chi connectivity index (χ4n) is 1.53. The van der Waals surface area contributed by atoms with Crippen LogP contribution in [-0.4, -0.2) is 11.5 Å². The van der Waals surface area contributed by atoms with Crippen molar-refractivity contribution < 1.29 is 9.31 Å². The Balaban J connectivity index is 2.24. The van der Waals surface area contributed by atoms with Gasteiger partial charge in [0.05, 0.1) is 16.0 Å². The highest BCUT2D eigenvalue weighted by Crippen LogP contribution is 2.45. The summed E-state index contributed by atoms with van der Waals surface area (Å²) in [7, 11) is 0. The Labute approximate surface area is 103 Å². The van der Waals surface area contributed by atoms with Crippen molar-refractivity contribution in [3.8, 4) is 0 Å². The van der Waals surface area contributed by atoms with Crippen LogP contribution in [0, 0.1) is 21.3 Å². The Morgan fingerprint density at radius 3 is 2.76 bits per heavy atom. The van der Waals surface area contributed by atoms with Crippen LogP contribution in [0.4, 0.5) is 15.8 Å². The summed E-state index contributed by atoms with van der Waals surface area (Å²) in [6.07, 6.45) is 2.20. The Bertz CT molecular complexity index is 475. The van der Waals surface area contributed by atoms with Gasteiger partial charge >= 0.3 is 0 Å². The molecule has 0 unspecified atom stereocenters. The normalized spacial score (nSPS) is 16.6. The monoisotopic (exact) mass is 258 g/mol. The van der Waals surface area contributed by atoms with Crippen molar-refractivity contribution in [1.29, 1.82) is 0 Å². The number of nitro benzene ring substituents is 1. The molecule has 1 N–H and O–H groups in total. The summed E-state index contributed by atoms with van der Waals surface area (Å²) < 4.78 is 13.1. The largest absolute Gasteiger partial charge is 0.379 e. The Kier molecular flexibility index (Phi) is 2.95. The van der Waals surface area contributed by atoms with Gasteiger partial charge in [0.25, 0.3) is 5.69 Å². The van der Waals surface area contributed by atoms with E-state index in [4.69, 9.17) is 11.6 Å². The van der Waals surface area contributed by atoms with E-state index in [0.717, 1.165) is 18.9 Å². The second-order valence-electron chi connectivity index (χ2n) is 4.70. The minimum atomic E-state index is -0.776. The van der Waals surface area contributed by atoms with Crippen LogP contribution in [0.3, 0.4) is 0 Å². The molecule has 6 heteroatoms. The van der Waals surface area contributed by atoms with Gasteiger partial charge in [-0.25, -0.2) is 4.39 Å². The summed E-state index contributed by atoms with van der Waals surface area (Å²) in [5, 5.41) is 13.6. The van der Waals surface area contributed by atoms with Crippen LogP contribution in [0.5, 0.6) is 0 Å². The number of nitro groups is 1. The lowest BCUT2D eigenvalue weighted by atomic mass is 10.1. The van der Waals surface area contributed by atoms with Crippen molar-refractivity contribution in [3.63, 3.8) is 0 Å². The summed E-state index contributed by atoms with van der Waals surface area (Å²) >= 11 is 5.62. The first-order chi connectivity index (χ1) is 7.91. The number of benzene rings is 1. The summed E-state index contributed by atoms with van der Waals surface area (Å²) in [6.45, 7) is 2.73. The molecule has 1 aromatic carbocycles. The highest BCUT2D eigenvalue weighted by atomic mass is 35.5. The first kappa shape index (κ1) is 12.1. The smallest absolute Gasteiger partial charge is 0.295 e. The van der Waals surface area contributed by atoms with Crippen molar-refractivity contribution in [2.45, 2.75) is 19.8 Å². The molecule has 0 aliphatic heterocycles. The van der Waals surface area contributed by atoms with E-state index >= 15 is 0 Å². The molecule has 0 spiro atoms. The quantitative estimate of drug-likeness (QED) is 0.663. The van der Waals surface area contributed by atoms with Crippen molar-refractivity contribution in [1.82, 2.24) is 0 Å². The van der Waals surface area contributed by atoms with Gasteiger partial charge in [0.1, 0.15) is 11.5 Å². The molecule has 2 rings (SSSR count). The molecule has 4 nitrogen and oxygen atoms in total. The van der Waals surface area contributed by atoms with Gasteiger partial charge in [0, 0.05) is 6.54 Å². The molecule has 0 heterocycles. The second kappa shape index (κ2) is 4.14. The van der Waals surface area contributed by atoms with Crippen LogP contribution in [0.2, 0.25) is 5.02 Å². The van der Waals surface area contributed by atoms with E-state index in [9.17, 15) is 14.5 Å². The lowest BCUT2D eigenvalue weighted by Crippen LogP contribution is -2.13. The minimum absolute atomic E-state index is 0.112. The van der Waals surface area contributed by atoms with Gasteiger partial charge in [0.2, 0.25) is 0 Å². The maximum Gasteiger partial charge on any atom is 0.295 e. The molecule has 17 heavy (non-hydrogen) atoms. The fourth-order valence-corrected chi connectivity index (χ4v) is 1.69. The summed E-state index contributed by atoms with van der Waals surface area (Å²) in [5.41, 5.74) is 0.194. The predicted octanol–water partition coefficient (Wildman–Crippen LogP) is 3.60. The van der Waals surface area contributed by atoms with E-state index in [1.807, 2.05) is 0 Å². The average molecular weight is 259 g/mol. The van der Waals surface area contributed by atoms with Crippen molar-refractivity contribution in [2.75, 3.05) is 11.9 Å². The van der Waals surface area contributed by atoms with Gasteiger partial charge in [-0.1, -0.05) is 18.5 Å². The topological polar surface area (TPSA) is 55.2 Å². The van der Waals surface area contributed by atoms with Gasteiger partial charge < -0.3 is 5.32 Å². The van der Waals surface area contributed by atoms with E-state index in [2.05, 4.69) is 12.2 Å². The third-order valence-electron chi connectivity index (χ3n) is 3.04. The Hall–Kier alpha value is -1.36. The zero-order valence-corrected chi connectivity index (χ0v) is 10.1. The van der Waals surface area contributed by atoms with Crippen LogP contribution >= 0.6 is 11.6 Å². The highest BCUT2D eigenvalue weighted by Gasteiger charge is 2.37. The van der Waals surface area contributed by atoms with E-state index < -0.39 is 10.7 Å². The number of halogens is 2. The lowest BCUT2D eigenvalue weighted by Gasteiger charge is -2.12.